The van der Waals surface area contributed by atoms with Crippen molar-refractivity contribution in [2.75, 3.05) is 10.6 Å². The molecule has 0 bridgehead atoms. The second kappa shape index (κ2) is 4.02. The van der Waals surface area contributed by atoms with Gasteiger partial charge in [0.1, 0.15) is 5.82 Å². The van der Waals surface area contributed by atoms with Crippen LogP contribution in [0.1, 0.15) is 32.9 Å². The molecule has 17 heavy (non-hydrogen) atoms. The highest BCUT2D eigenvalue weighted by atomic mass is 16.1. The van der Waals surface area contributed by atoms with Gasteiger partial charge in [-0.1, -0.05) is 20.8 Å². The van der Waals surface area contributed by atoms with Crippen molar-refractivity contribution in [2.45, 2.75) is 40.2 Å². The van der Waals surface area contributed by atoms with E-state index >= 15 is 0 Å². The number of fused-ring (bicyclic) bond motifs is 1. The summed E-state index contributed by atoms with van der Waals surface area (Å²) < 4.78 is 0. The Morgan fingerprint density at radius 3 is 2.71 bits per heavy atom. The summed E-state index contributed by atoms with van der Waals surface area (Å²) in [4.78, 5) is 16.3. The molecule has 0 saturated carbocycles. The highest BCUT2D eigenvalue weighted by Crippen LogP contribution is 2.31. The van der Waals surface area contributed by atoms with Crippen LogP contribution in [0.2, 0.25) is 0 Å². The molecule has 4 nitrogen and oxygen atoms in total. The molecule has 0 saturated heterocycles. The molecule has 1 aliphatic rings. The molecule has 0 fully saturated rings. The van der Waals surface area contributed by atoms with Crippen LogP contribution in [0, 0.1) is 12.3 Å². The maximum absolute atomic E-state index is 11.8. The number of carbonyl (C=O) groups excluding carboxylic acids is 1. The zero-order chi connectivity index (χ0) is 12.6. The molecule has 4 heteroatoms. The summed E-state index contributed by atoms with van der Waals surface area (Å²) >= 11 is 0. The van der Waals surface area contributed by atoms with Crippen LogP contribution >= 0.6 is 0 Å². The standard InChI is InChI=1S/C13H19N3O/c1-8-5-6-9-12(14-8)16-10(13(2,3)4)7-11(17)15-9/h5-6,10H,7H2,1-4H3,(H,14,16)(H,15,17). The van der Waals surface area contributed by atoms with Gasteiger partial charge in [-0.2, -0.15) is 0 Å². The van der Waals surface area contributed by atoms with Gasteiger partial charge in [0, 0.05) is 18.2 Å². The van der Waals surface area contributed by atoms with Crippen LogP contribution in [0.5, 0.6) is 0 Å². The quantitative estimate of drug-likeness (QED) is 0.724. The number of rotatable bonds is 0. The Morgan fingerprint density at radius 1 is 1.35 bits per heavy atom. The number of pyridine rings is 1. The van der Waals surface area contributed by atoms with Crippen LogP contribution < -0.4 is 10.6 Å². The molecule has 1 aromatic rings. The summed E-state index contributed by atoms with van der Waals surface area (Å²) in [6.45, 7) is 8.32. The highest BCUT2D eigenvalue weighted by molar-refractivity contribution is 5.95. The van der Waals surface area contributed by atoms with Crippen molar-refractivity contribution in [3.05, 3.63) is 17.8 Å². The molecule has 2 N–H and O–H groups in total. The largest absolute Gasteiger partial charge is 0.365 e. The van der Waals surface area contributed by atoms with Gasteiger partial charge in [0.05, 0.1) is 5.69 Å². The van der Waals surface area contributed by atoms with Gasteiger partial charge in [0.2, 0.25) is 5.91 Å². The lowest BCUT2D eigenvalue weighted by Crippen LogP contribution is -2.35. The van der Waals surface area contributed by atoms with Crippen LogP contribution in [0.3, 0.4) is 0 Å². The Hall–Kier alpha value is -1.58. The zero-order valence-corrected chi connectivity index (χ0v) is 10.8. The first-order chi connectivity index (χ1) is 7.86. The third-order valence-electron chi connectivity index (χ3n) is 3.05. The van der Waals surface area contributed by atoms with Crippen molar-refractivity contribution >= 4 is 17.4 Å². The summed E-state index contributed by atoms with van der Waals surface area (Å²) in [5, 5.41) is 6.26. The second-order valence-corrected chi connectivity index (χ2v) is 5.66. The average molecular weight is 233 g/mol. The maximum atomic E-state index is 11.8. The Labute approximate surface area is 102 Å². The Balaban J connectivity index is 2.38. The van der Waals surface area contributed by atoms with Gasteiger partial charge >= 0.3 is 0 Å². The fourth-order valence-corrected chi connectivity index (χ4v) is 1.89. The highest BCUT2D eigenvalue weighted by Gasteiger charge is 2.30. The normalized spacial score (nSPS) is 20.0. The van der Waals surface area contributed by atoms with Crippen LogP contribution in [-0.4, -0.2) is 16.9 Å². The number of hydrogen-bond acceptors (Lipinski definition) is 3. The SMILES string of the molecule is Cc1ccc2c(n1)NC(C(C)(C)C)CC(=O)N2. The fourth-order valence-electron chi connectivity index (χ4n) is 1.89. The molecule has 0 aromatic carbocycles. The van der Waals surface area contributed by atoms with E-state index < -0.39 is 0 Å². The first kappa shape index (κ1) is 11.9. The average Bonchev–Trinajstić information content (AvgIpc) is 2.35. The number of nitrogens with one attached hydrogen (secondary N) is 2. The van der Waals surface area contributed by atoms with Gasteiger partial charge in [-0.3, -0.25) is 4.79 Å². The summed E-state index contributed by atoms with van der Waals surface area (Å²) in [5.41, 5.74) is 1.73. The minimum absolute atomic E-state index is 0.0182. The molecule has 2 heterocycles. The van der Waals surface area contributed by atoms with Crippen molar-refractivity contribution in [1.29, 1.82) is 0 Å². The number of carbonyl (C=O) groups is 1. The minimum Gasteiger partial charge on any atom is -0.365 e. The predicted molar refractivity (Wildman–Crippen MR) is 69.1 cm³/mol. The number of aromatic nitrogens is 1. The Bertz CT molecular complexity index is 448. The second-order valence-electron chi connectivity index (χ2n) is 5.66. The molecule has 2 rings (SSSR count). The van der Waals surface area contributed by atoms with Crippen LogP contribution in [0.15, 0.2) is 12.1 Å². The molecule has 1 atom stereocenters. The van der Waals surface area contributed by atoms with Crippen molar-refractivity contribution < 1.29 is 4.79 Å². The number of nitrogens with zero attached hydrogens (tertiary/aromatic N) is 1. The number of anilines is 2. The molecule has 0 spiro atoms. The van der Waals surface area contributed by atoms with Crippen molar-refractivity contribution in [1.82, 2.24) is 4.98 Å². The van der Waals surface area contributed by atoms with E-state index in [2.05, 4.69) is 36.4 Å². The topological polar surface area (TPSA) is 54.0 Å². The number of aryl methyl sites for hydroxylation is 1. The smallest absolute Gasteiger partial charge is 0.226 e. The fraction of sp³-hybridized carbons (Fsp3) is 0.538. The van der Waals surface area contributed by atoms with Crippen LogP contribution in [-0.2, 0) is 4.79 Å². The lowest BCUT2D eigenvalue weighted by molar-refractivity contribution is -0.116. The summed E-state index contributed by atoms with van der Waals surface area (Å²) in [6.07, 6.45) is 0.471. The molecular formula is C13H19N3O. The lowest BCUT2D eigenvalue weighted by Gasteiger charge is -2.30. The Morgan fingerprint density at radius 2 is 2.06 bits per heavy atom. The molecule has 1 aromatic heterocycles. The van der Waals surface area contributed by atoms with E-state index in [-0.39, 0.29) is 17.4 Å². The molecule has 0 aliphatic carbocycles. The zero-order valence-electron chi connectivity index (χ0n) is 10.8. The first-order valence-electron chi connectivity index (χ1n) is 5.90. The molecular weight excluding hydrogens is 214 g/mol. The molecule has 1 amide bonds. The number of hydrogen-bond donors (Lipinski definition) is 2. The summed E-state index contributed by atoms with van der Waals surface area (Å²) in [7, 11) is 0. The monoisotopic (exact) mass is 233 g/mol. The molecule has 1 unspecified atom stereocenters. The minimum atomic E-state index is 0.0182. The summed E-state index contributed by atoms with van der Waals surface area (Å²) in [6, 6.07) is 3.89. The van der Waals surface area contributed by atoms with Gasteiger partial charge in [0.15, 0.2) is 0 Å². The lowest BCUT2D eigenvalue weighted by atomic mass is 9.85. The van der Waals surface area contributed by atoms with Crippen molar-refractivity contribution in [2.24, 2.45) is 5.41 Å². The molecule has 1 aliphatic heterocycles. The van der Waals surface area contributed by atoms with Gasteiger partial charge in [-0.25, -0.2) is 4.98 Å². The van der Waals surface area contributed by atoms with Crippen molar-refractivity contribution in [3.8, 4) is 0 Å². The van der Waals surface area contributed by atoms with E-state index in [9.17, 15) is 4.79 Å². The van der Waals surface area contributed by atoms with E-state index in [0.29, 0.717) is 6.42 Å². The van der Waals surface area contributed by atoms with E-state index in [1.807, 2.05) is 19.1 Å². The maximum Gasteiger partial charge on any atom is 0.226 e. The van der Waals surface area contributed by atoms with Crippen LogP contribution in [0.4, 0.5) is 11.5 Å². The van der Waals surface area contributed by atoms with E-state index in [4.69, 9.17) is 0 Å². The van der Waals surface area contributed by atoms with Gasteiger partial charge in [-0.05, 0) is 24.5 Å². The third-order valence-corrected chi connectivity index (χ3v) is 3.05. The van der Waals surface area contributed by atoms with Crippen LogP contribution in [0.25, 0.3) is 0 Å². The van der Waals surface area contributed by atoms with Gasteiger partial charge in [-0.15, -0.1) is 0 Å². The Kier molecular flexibility index (Phi) is 2.81. The summed E-state index contributed by atoms with van der Waals surface area (Å²) in [5.74, 6) is 0.817. The van der Waals surface area contributed by atoms with E-state index in [1.54, 1.807) is 0 Å². The predicted octanol–water partition coefficient (Wildman–Crippen LogP) is 2.56. The first-order valence-corrected chi connectivity index (χ1v) is 5.90. The number of amides is 1. The molecule has 0 radical (unpaired) electrons. The van der Waals surface area contributed by atoms with E-state index in [0.717, 1.165) is 17.2 Å². The third kappa shape index (κ3) is 2.57. The van der Waals surface area contributed by atoms with Gasteiger partial charge in [0.25, 0.3) is 0 Å². The van der Waals surface area contributed by atoms with Gasteiger partial charge < -0.3 is 10.6 Å². The van der Waals surface area contributed by atoms with Crippen molar-refractivity contribution in [3.63, 3.8) is 0 Å². The molecule has 92 valence electrons. The van der Waals surface area contributed by atoms with E-state index in [1.165, 1.54) is 0 Å².